The van der Waals surface area contributed by atoms with Crippen LogP contribution in [0.25, 0.3) is 0 Å². The summed E-state index contributed by atoms with van der Waals surface area (Å²) in [6, 6.07) is 14.0. The van der Waals surface area contributed by atoms with E-state index in [1.807, 2.05) is 24.3 Å². The van der Waals surface area contributed by atoms with Gasteiger partial charge in [-0.2, -0.15) is 0 Å². The van der Waals surface area contributed by atoms with Gasteiger partial charge in [-0.1, -0.05) is 37.3 Å². The second kappa shape index (κ2) is 10.3. The summed E-state index contributed by atoms with van der Waals surface area (Å²) in [7, 11) is -3.63. The second-order valence-electron chi connectivity index (χ2n) is 5.61. The van der Waals surface area contributed by atoms with Crippen molar-refractivity contribution < 1.29 is 13.2 Å². The van der Waals surface area contributed by atoms with Crippen molar-refractivity contribution >= 4 is 34.0 Å². The van der Waals surface area contributed by atoms with Crippen LogP contribution in [0.1, 0.15) is 18.1 Å². The molecule has 0 aromatic heterocycles. The molecule has 0 spiro atoms. The Morgan fingerprint density at radius 3 is 2.35 bits per heavy atom. The van der Waals surface area contributed by atoms with Crippen LogP contribution in [0.2, 0.25) is 0 Å². The van der Waals surface area contributed by atoms with E-state index in [1.54, 1.807) is 12.1 Å². The summed E-state index contributed by atoms with van der Waals surface area (Å²) in [5.41, 5.74) is 7.87. The van der Waals surface area contributed by atoms with Crippen LogP contribution in [-0.2, 0) is 27.7 Å². The fourth-order valence-corrected chi connectivity index (χ4v) is 3.39. The number of nitrogens with two attached hydrogens (primary N) is 1. The van der Waals surface area contributed by atoms with Crippen LogP contribution in [-0.4, -0.2) is 27.4 Å². The lowest BCUT2D eigenvalue weighted by molar-refractivity contribution is -0.115. The van der Waals surface area contributed by atoms with Gasteiger partial charge < -0.3 is 11.1 Å². The van der Waals surface area contributed by atoms with Crippen LogP contribution in [0, 0.1) is 0 Å². The van der Waals surface area contributed by atoms with E-state index >= 15 is 0 Å². The first-order valence-corrected chi connectivity index (χ1v) is 9.60. The largest absolute Gasteiger partial charge is 0.329 e. The Morgan fingerprint density at radius 1 is 1.08 bits per heavy atom. The third-order valence-corrected chi connectivity index (χ3v) is 5.12. The van der Waals surface area contributed by atoms with Gasteiger partial charge in [0, 0.05) is 18.8 Å². The highest BCUT2D eigenvalue weighted by Crippen LogP contribution is 2.16. The molecule has 142 valence electrons. The summed E-state index contributed by atoms with van der Waals surface area (Å²) < 4.78 is 26.6. The van der Waals surface area contributed by atoms with E-state index in [0.29, 0.717) is 5.69 Å². The lowest BCUT2D eigenvalue weighted by Gasteiger charge is -2.09. The number of anilines is 1. The molecule has 26 heavy (non-hydrogen) atoms. The van der Waals surface area contributed by atoms with Gasteiger partial charge in [0.05, 0.1) is 11.3 Å². The molecule has 8 heteroatoms. The molecule has 2 aromatic carbocycles. The van der Waals surface area contributed by atoms with Crippen LogP contribution >= 0.6 is 12.4 Å². The topological polar surface area (TPSA) is 101 Å². The van der Waals surface area contributed by atoms with Crippen molar-refractivity contribution in [1.29, 1.82) is 0 Å². The van der Waals surface area contributed by atoms with Crippen LogP contribution in [0.3, 0.4) is 0 Å². The molecule has 0 atom stereocenters. The molecule has 0 fully saturated rings. The number of halogens is 1. The Morgan fingerprint density at radius 2 is 1.73 bits per heavy atom. The van der Waals surface area contributed by atoms with Crippen LogP contribution in [0.5, 0.6) is 0 Å². The number of hydrogen-bond acceptors (Lipinski definition) is 4. The highest BCUT2D eigenvalue weighted by Gasteiger charge is 2.14. The lowest BCUT2D eigenvalue weighted by Crippen LogP contribution is -2.29. The maximum atomic E-state index is 12.2. The molecular formula is C18H24ClN3O3S. The van der Waals surface area contributed by atoms with Crippen LogP contribution in [0.15, 0.2) is 53.4 Å². The number of carbonyl (C=O) groups excluding carboxylic acids is 1. The predicted molar refractivity (Wildman–Crippen MR) is 106 cm³/mol. The van der Waals surface area contributed by atoms with Crippen molar-refractivity contribution in [3.8, 4) is 0 Å². The van der Waals surface area contributed by atoms with Crippen molar-refractivity contribution in [3.05, 3.63) is 59.7 Å². The quantitative estimate of drug-likeness (QED) is 0.634. The number of hydrogen-bond donors (Lipinski definition) is 3. The molecule has 1 amide bonds. The highest BCUT2D eigenvalue weighted by atomic mass is 35.5. The smallest absolute Gasteiger partial charge is 0.240 e. The summed E-state index contributed by atoms with van der Waals surface area (Å²) in [5.74, 6) is -0.200. The van der Waals surface area contributed by atoms with E-state index in [-0.39, 0.29) is 42.7 Å². The lowest BCUT2D eigenvalue weighted by atomic mass is 10.1. The van der Waals surface area contributed by atoms with Gasteiger partial charge in [0.1, 0.15) is 0 Å². The van der Waals surface area contributed by atoms with Gasteiger partial charge in [0.15, 0.2) is 0 Å². The minimum atomic E-state index is -3.63. The molecule has 6 nitrogen and oxygen atoms in total. The number of aryl methyl sites for hydroxylation is 1. The zero-order valence-corrected chi connectivity index (χ0v) is 16.2. The SMILES string of the molecule is CCc1ccc(CC(=O)Nc2cccc(S(=O)(=O)NCCN)c2)cc1.Cl. The molecule has 0 unspecified atom stereocenters. The fraction of sp³-hybridized carbons (Fsp3) is 0.278. The van der Waals surface area contributed by atoms with Crippen molar-refractivity contribution in [2.75, 3.05) is 18.4 Å². The van der Waals surface area contributed by atoms with E-state index in [9.17, 15) is 13.2 Å². The number of sulfonamides is 1. The molecule has 0 aliphatic heterocycles. The second-order valence-corrected chi connectivity index (χ2v) is 7.38. The van der Waals surface area contributed by atoms with E-state index < -0.39 is 10.0 Å². The van der Waals surface area contributed by atoms with Gasteiger partial charge in [-0.25, -0.2) is 13.1 Å². The predicted octanol–water partition coefficient (Wildman–Crippen LogP) is 2.09. The molecule has 0 saturated heterocycles. The summed E-state index contributed by atoms with van der Waals surface area (Å²) in [4.78, 5) is 12.3. The van der Waals surface area contributed by atoms with Crippen molar-refractivity contribution in [1.82, 2.24) is 4.72 Å². The normalized spacial score (nSPS) is 10.8. The van der Waals surface area contributed by atoms with E-state index in [4.69, 9.17) is 5.73 Å². The fourth-order valence-electron chi connectivity index (χ4n) is 2.30. The number of benzene rings is 2. The maximum absolute atomic E-state index is 12.2. The third-order valence-electron chi connectivity index (χ3n) is 3.66. The van der Waals surface area contributed by atoms with Gasteiger partial charge >= 0.3 is 0 Å². The Balaban J connectivity index is 0.00000338. The molecule has 0 aliphatic carbocycles. The summed E-state index contributed by atoms with van der Waals surface area (Å²) in [6.45, 7) is 2.45. The van der Waals surface area contributed by atoms with Gasteiger partial charge in [0.2, 0.25) is 15.9 Å². The van der Waals surface area contributed by atoms with Crippen LogP contribution in [0.4, 0.5) is 5.69 Å². The molecule has 0 radical (unpaired) electrons. The standard InChI is InChI=1S/C18H23N3O3S.ClH/c1-2-14-6-8-15(9-7-14)12-18(22)21-16-4-3-5-17(13-16)25(23,24)20-11-10-19;/h3-9,13,20H,2,10-12,19H2,1H3,(H,21,22);1H. The van der Waals surface area contributed by atoms with Crippen LogP contribution < -0.4 is 15.8 Å². The number of amides is 1. The summed E-state index contributed by atoms with van der Waals surface area (Å²) in [6.07, 6.45) is 1.18. The number of carbonyl (C=O) groups is 1. The number of rotatable bonds is 8. The Labute approximate surface area is 160 Å². The van der Waals surface area contributed by atoms with E-state index in [0.717, 1.165) is 12.0 Å². The highest BCUT2D eigenvalue weighted by molar-refractivity contribution is 7.89. The van der Waals surface area contributed by atoms with Crippen molar-refractivity contribution in [2.45, 2.75) is 24.7 Å². The van der Waals surface area contributed by atoms with E-state index in [2.05, 4.69) is 17.0 Å². The first-order valence-electron chi connectivity index (χ1n) is 8.12. The zero-order chi connectivity index (χ0) is 18.3. The number of nitrogens with one attached hydrogen (secondary N) is 2. The first kappa shape index (κ1) is 22.1. The zero-order valence-electron chi connectivity index (χ0n) is 14.6. The molecule has 2 rings (SSSR count). The van der Waals surface area contributed by atoms with Crippen molar-refractivity contribution in [3.63, 3.8) is 0 Å². The summed E-state index contributed by atoms with van der Waals surface area (Å²) in [5, 5.41) is 2.73. The minimum Gasteiger partial charge on any atom is -0.329 e. The van der Waals surface area contributed by atoms with Gasteiger partial charge in [-0.3, -0.25) is 4.79 Å². The summed E-state index contributed by atoms with van der Waals surface area (Å²) >= 11 is 0. The Bertz CT molecular complexity index is 824. The molecule has 2 aromatic rings. The van der Waals surface area contributed by atoms with Gasteiger partial charge in [0.25, 0.3) is 0 Å². The Hall–Kier alpha value is -1.93. The maximum Gasteiger partial charge on any atom is 0.240 e. The average Bonchev–Trinajstić information content (AvgIpc) is 2.61. The third kappa shape index (κ3) is 6.42. The molecule has 0 heterocycles. The van der Waals surface area contributed by atoms with Gasteiger partial charge in [-0.05, 0) is 35.7 Å². The molecule has 4 N–H and O–H groups in total. The average molecular weight is 398 g/mol. The molecule has 0 saturated carbocycles. The van der Waals surface area contributed by atoms with E-state index in [1.165, 1.54) is 17.7 Å². The molecule has 0 bridgehead atoms. The van der Waals surface area contributed by atoms with Gasteiger partial charge in [-0.15, -0.1) is 12.4 Å². The minimum absolute atomic E-state index is 0. The first-order chi connectivity index (χ1) is 11.9. The van der Waals surface area contributed by atoms with Crippen molar-refractivity contribution in [2.24, 2.45) is 5.73 Å². The Kier molecular flexibility index (Phi) is 8.74. The molecule has 0 aliphatic rings. The molecular weight excluding hydrogens is 374 g/mol. The monoisotopic (exact) mass is 397 g/mol.